The van der Waals surface area contributed by atoms with Gasteiger partial charge in [0.15, 0.2) is 0 Å². The first-order valence-corrected chi connectivity index (χ1v) is 9.57. The third-order valence-electron chi connectivity index (χ3n) is 4.88. The molecule has 1 aliphatic heterocycles. The number of carbonyl (C=O) groups is 2. The van der Waals surface area contributed by atoms with Crippen molar-refractivity contribution < 1.29 is 9.59 Å². The summed E-state index contributed by atoms with van der Waals surface area (Å²) in [5.41, 5.74) is 3.59. The second kappa shape index (κ2) is 8.74. The number of aromatic amines is 1. The van der Waals surface area contributed by atoms with Crippen LogP contribution in [0.15, 0.2) is 24.3 Å². The molecule has 3 rings (SSSR count). The molecule has 6 nitrogen and oxygen atoms in total. The number of urea groups is 1. The topological polar surface area (TPSA) is 77.2 Å². The van der Waals surface area contributed by atoms with Crippen LogP contribution in [0.1, 0.15) is 43.9 Å². The summed E-state index contributed by atoms with van der Waals surface area (Å²) in [5.74, 6) is 0.0633. The van der Waals surface area contributed by atoms with Crippen LogP contribution in [0.5, 0.6) is 0 Å². The van der Waals surface area contributed by atoms with Crippen LogP contribution < -0.4 is 10.6 Å². The molecule has 0 bridgehead atoms. The van der Waals surface area contributed by atoms with Gasteiger partial charge in [-0.25, -0.2) is 4.79 Å². The van der Waals surface area contributed by atoms with Gasteiger partial charge < -0.3 is 20.5 Å². The smallest absolute Gasteiger partial charge is 0.317 e. The number of nitrogens with zero attached hydrogens (tertiary/aromatic N) is 1. The number of hydrogen-bond acceptors (Lipinski definition) is 2. The molecule has 6 heteroatoms. The number of rotatable bonds is 7. The molecule has 0 unspecified atom stereocenters. The Hall–Kier alpha value is -2.50. The van der Waals surface area contributed by atoms with Crippen LogP contribution in [-0.4, -0.2) is 41.5 Å². The van der Waals surface area contributed by atoms with Crippen molar-refractivity contribution in [2.45, 2.75) is 45.6 Å². The highest BCUT2D eigenvalue weighted by Gasteiger charge is 2.23. The molecule has 0 atom stereocenters. The number of fused-ring (bicyclic) bond motifs is 3. The molecule has 1 aliphatic rings. The van der Waals surface area contributed by atoms with Gasteiger partial charge in [0.1, 0.15) is 0 Å². The van der Waals surface area contributed by atoms with E-state index in [0.717, 1.165) is 43.6 Å². The number of aromatic nitrogens is 1. The number of carbonyl (C=O) groups excluding carboxylic acids is 2. The molecule has 26 heavy (non-hydrogen) atoms. The second-order valence-corrected chi connectivity index (χ2v) is 6.84. The molecule has 1 aromatic heterocycles. The minimum Gasteiger partial charge on any atom is -0.357 e. The van der Waals surface area contributed by atoms with E-state index in [1.165, 1.54) is 10.9 Å². The summed E-state index contributed by atoms with van der Waals surface area (Å²) in [6, 6.07) is 8.22. The Bertz CT molecular complexity index is 768. The standard InChI is InChI=1S/C20H28N4O2/c1-2-3-11-21-19(25)9-6-12-22-20(26)24-13-10-16-15-7-4-5-8-17(15)23-18(16)14-24/h4-5,7-8,23H,2-3,6,9-14H2,1H3,(H,21,25)(H,22,26). The summed E-state index contributed by atoms with van der Waals surface area (Å²) >= 11 is 0. The van der Waals surface area contributed by atoms with Crippen molar-refractivity contribution in [3.05, 3.63) is 35.5 Å². The first kappa shape index (κ1) is 18.3. The molecule has 140 valence electrons. The lowest BCUT2D eigenvalue weighted by Gasteiger charge is -2.27. The molecule has 0 fully saturated rings. The molecule has 3 amide bonds. The Morgan fingerprint density at radius 1 is 1.15 bits per heavy atom. The van der Waals surface area contributed by atoms with Gasteiger partial charge in [0.25, 0.3) is 0 Å². The van der Waals surface area contributed by atoms with Crippen molar-refractivity contribution in [2.24, 2.45) is 0 Å². The maximum absolute atomic E-state index is 12.4. The molecule has 0 spiro atoms. The lowest BCUT2D eigenvalue weighted by molar-refractivity contribution is -0.121. The molecular weight excluding hydrogens is 328 g/mol. The van der Waals surface area contributed by atoms with Crippen LogP contribution in [0.2, 0.25) is 0 Å². The molecule has 2 aromatic rings. The monoisotopic (exact) mass is 356 g/mol. The van der Waals surface area contributed by atoms with Crippen LogP contribution in [-0.2, 0) is 17.8 Å². The average Bonchev–Trinajstić information content (AvgIpc) is 3.03. The average molecular weight is 356 g/mol. The fourth-order valence-electron chi connectivity index (χ4n) is 3.42. The Balaban J connectivity index is 1.43. The number of H-pyrrole nitrogens is 1. The van der Waals surface area contributed by atoms with Gasteiger partial charge in [0.2, 0.25) is 5.91 Å². The second-order valence-electron chi connectivity index (χ2n) is 6.84. The fourth-order valence-corrected chi connectivity index (χ4v) is 3.42. The maximum atomic E-state index is 12.4. The molecule has 2 heterocycles. The summed E-state index contributed by atoms with van der Waals surface area (Å²) in [6.45, 7) is 4.69. The summed E-state index contributed by atoms with van der Waals surface area (Å²) in [5, 5.41) is 7.09. The molecule has 0 aliphatic carbocycles. The van der Waals surface area contributed by atoms with E-state index in [9.17, 15) is 9.59 Å². The van der Waals surface area contributed by atoms with Crippen molar-refractivity contribution in [3.63, 3.8) is 0 Å². The Morgan fingerprint density at radius 2 is 1.96 bits per heavy atom. The molecule has 0 radical (unpaired) electrons. The van der Waals surface area contributed by atoms with Crippen molar-refractivity contribution in [3.8, 4) is 0 Å². The molecule has 1 aromatic carbocycles. The zero-order valence-corrected chi connectivity index (χ0v) is 15.4. The van der Waals surface area contributed by atoms with Gasteiger partial charge in [-0.1, -0.05) is 31.5 Å². The maximum Gasteiger partial charge on any atom is 0.317 e. The number of amides is 3. The van der Waals surface area contributed by atoms with Crippen LogP contribution >= 0.6 is 0 Å². The lowest BCUT2D eigenvalue weighted by atomic mass is 10.0. The first-order chi connectivity index (χ1) is 12.7. The summed E-state index contributed by atoms with van der Waals surface area (Å²) < 4.78 is 0. The van der Waals surface area contributed by atoms with E-state index >= 15 is 0 Å². The van der Waals surface area contributed by atoms with Gasteiger partial charge >= 0.3 is 6.03 Å². The van der Waals surface area contributed by atoms with Gasteiger partial charge in [-0.2, -0.15) is 0 Å². The third kappa shape index (κ3) is 4.36. The van der Waals surface area contributed by atoms with Crippen molar-refractivity contribution in [1.82, 2.24) is 20.5 Å². The molecule has 0 saturated carbocycles. The van der Waals surface area contributed by atoms with Crippen LogP contribution in [0.3, 0.4) is 0 Å². The Morgan fingerprint density at radius 3 is 2.81 bits per heavy atom. The van der Waals surface area contributed by atoms with Crippen molar-refractivity contribution >= 4 is 22.8 Å². The van der Waals surface area contributed by atoms with Gasteiger partial charge in [-0.05, 0) is 30.9 Å². The molecule has 3 N–H and O–H groups in total. The highest BCUT2D eigenvalue weighted by Crippen LogP contribution is 2.27. The van der Waals surface area contributed by atoms with E-state index in [4.69, 9.17) is 0 Å². The fraction of sp³-hybridized carbons (Fsp3) is 0.500. The zero-order valence-electron chi connectivity index (χ0n) is 15.4. The highest BCUT2D eigenvalue weighted by molar-refractivity contribution is 5.85. The van der Waals surface area contributed by atoms with E-state index in [1.54, 1.807) is 0 Å². The predicted octanol–water partition coefficient (Wildman–Crippen LogP) is 2.93. The number of para-hydroxylation sites is 1. The summed E-state index contributed by atoms with van der Waals surface area (Å²) in [7, 11) is 0. The number of hydrogen-bond donors (Lipinski definition) is 3. The van der Waals surface area contributed by atoms with Gasteiger partial charge in [-0.3, -0.25) is 4.79 Å². The normalized spacial score (nSPS) is 13.5. The Labute approximate surface area is 154 Å². The van der Waals surface area contributed by atoms with Crippen molar-refractivity contribution in [1.29, 1.82) is 0 Å². The quantitative estimate of drug-likeness (QED) is 0.667. The van der Waals surface area contributed by atoms with Gasteiger partial charge in [0.05, 0.1) is 6.54 Å². The summed E-state index contributed by atoms with van der Waals surface area (Å²) in [6.07, 6.45) is 4.06. The Kier molecular flexibility index (Phi) is 6.15. The number of unbranched alkanes of at least 4 members (excludes halogenated alkanes) is 1. The SMILES string of the molecule is CCCCNC(=O)CCCNC(=O)N1CCc2c([nH]c3ccccc23)C1. The minimum atomic E-state index is -0.0549. The molecule has 0 saturated heterocycles. The van der Waals surface area contributed by atoms with Crippen LogP contribution in [0.25, 0.3) is 10.9 Å². The van der Waals surface area contributed by atoms with E-state index in [2.05, 4.69) is 34.7 Å². The third-order valence-corrected chi connectivity index (χ3v) is 4.88. The van der Waals surface area contributed by atoms with E-state index in [-0.39, 0.29) is 11.9 Å². The zero-order chi connectivity index (χ0) is 18.4. The predicted molar refractivity (Wildman–Crippen MR) is 103 cm³/mol. The van der Waals surface area contributed by atoms with Gasteiger partial charge in [-0.15, -0.1) is 0 Å². The van der Waals surface area contributed by atoms with Gasteiger partial charge in [0, 0.05) is 42.7 Å². The van der Waals surface area contributed by atoms with Crippen LogP contribution in [0.4, 0.5) is 4.79 Å². The van der Waals surface area contributed by atoms with Crippen LogP contribution in [0, 0.1) is 0 Å². The van der Waals surface area contributed by atoms with E-state index in [0.29, 0.717) is 25.9 Å². The highest BCUT2D eigenvalue weighted by atomic mass is 16.2. The largest absolute Gasteiger partial charge is 0.357 e. The first-order valence-electron chi connectivity index (χ1n) is 9.57. The lowest BCUT2D eigenvalue weighted by Crippen LogP contribution is -2.43. The number of benzene rings is 1. The van der Waals surface area contributed by atoms with Crippen molar-refractivity contribution in [2.75, 3.05) is 19.6 Å². The number of nitrogens with one attached hydrogen (secondary N) is 3. The van der Waals surface area contributed by atoms with E-state index in [1.807, 2.05) is 17.0 Å². The minimum absolute atomic E-state index is 0.0549. The molecular formula is C20H28N4O2. The van der Waals surface area contributed by atoms with E-state index < -0.39 is 0 Å². The summed E-state index contributed by atoms with van der Waals surface area (Å²) in [4.78, 5) is 29.3.